The zero-order valence-electron chi connectivity index (χ0n) is 12.7. The summed E-state index contributed by atoms with van der Waals surface area (Å²) in [5, 5.41) is 0. The van der Waals surface area contributed by atoms with E-state index >= 15 is 0 Å². The van der Waals surface area contributed by atoms with Crippen molar-refractivity contribution in [2.45, 2.75) is 6.18 Å². The highest BCUT2D eigenvalue weighted by Crippen LogP contribution is 2.28. The Bertz CT molecular complexity index is 696. The second-order valence-corrected chi connectivity index (χ2v) is 5.41. The third-order valence-corrected chi connectivity index (χ3v) is 3.84. The maximum Gasteiger partial charge on any atom is 0.419 e. The maximum absolute atomic E-state index is 12.5. The van der Waals surface area contributed by atoms with E-state index in [9.17, 15) is 18.0 Å². The molecule has 3 rings (SSSR count). The summed E-state index contributed by atoms with van der Waals surface area (Å²) >= 11 is 0. The lowest BCUT2D eigenvalue weighted by molar-refractivity contribution is -0.138. The first-order valence-electron chi connectivity index (χ1n) is 7.43. The topological polar surface area (TPSA) is 49.3 Å². The molecule has 1 saturated heterocycles. The molecule has 0 unspecified atom stereocenters. The average Bonchev–Trinajstić information content (AvgIpc) is 2.61. The molecule has 2 heterocycles. The summed E-state index contributed by atoms with van der Waals surface area (Å²) < 4.78 is 37.6. The standard InChI is InChI=1S/C16H15F3N4O/c17-16(18,19)13-10-20-15(21-11-13)23-8-6-22(7-9-23)14(24)12-4-2-1-3-5-12/h1-5,10-11H,6-9H2. The quantitative estimate of drug-likeness (QED) is 0.845. The molecule has 0 spiro atoms. The maximum atomic E-state index is 12.5. The van der Waals surface area contributed by atoms with E-state index < -0.39 is 11.7 Å². The summed E-state index contributed by atoms with van der Waals surface area (Å²) in [6, 6.07) is 8.97. The Balaban J connectivity index is 1.62. The van der Waals surface area contributed by atoms with Crippen LogP contribution in [0.5, 0.6) is 0 Å². The molecule has 0 bridgehead atoms. The fraction of sp³-hybridized carbons (Fsp3) is 0.312. The van der Waals surface area contributed by atoms with Crippen molar-refractivity contribution in [1.29, 1.82) is 0 Å². The SMILES string of the molecule is O=C(c1ccccc1)N1CCN(c2ncc(C(F)(F)F)cn2)CC1. The van der Waals surface area contributed by atoms with Crippen LogP contribution in [0.1, 0.15) is 15.9 Å². The molecular weight excluding hydrogens is 321 g/mol. The number of anilines is 1. The number of amides is 1. The number of piperazine rings is 1. The lowest BCUT2D eigenvalue weighted by Gasteiger charge is -2.34. The van der Waals surface area contributed by atoms with Crippen LogP contribution in [0.3, 0.4) is 0 Å². The van der Waals surface area contributed by atoms with Crippen molar-refractivity contribution in [2.75, 3.05) is 31.1 Å². The van der Waals surface area contributed by atoms with Crippen LogP contribution in [-0.4, -0.2) is 47.0 Å². The van der Waals surface area contributed by atoms with Gasteiger partial charge in [0, 0.05) is 44.1 Å². The molecule has 0 aliphatic carbocycles. The highest BCUT2D eigenvalue weighted by molar-refractivity contribution is 5.94. The normalized spacial score (nSPS) is 15.5. The van der Waals surface area contributed by atoms with Gasteiger partial charge in [0.2, 0.25) is 5.95 Å². The predicted molar refractivity (Wildman–Crippen MR) is 81.6 cm³/mol. The first-order valence-corrected chi connectivity index (χ1v) is 7.43. The first kappa shape index (κ1) is 16.2. The van der Waals surface area contributed by atoms with E-state index in [0.29, 0.717) is 31.7 Å². The number of nitrogens with zero attached hydrogens (tertiary/aromatic N) is 4. The van der Waals surface area contributed by atoms with Crippen molar-refractivity contribution >= 4 is 11.9 Å². The molecule has 0 N–H and O–H groups in total. The summed E-state index contributed by atoms with van der Waals surface area (Å²) in [5.41, 5.74) is -0.249. The van der Waals surface area contributed by atoms with Gasteiger partial charge in [0.15, 0.2) is 0 Å². The molecule has 8 heteroatoms. The van der Waals surface area contributed by atoms with Gasteiger partial charge in [0.1, 0.15) is 0 Å². The van der Waals surface area contributed by atoms with Gasteiger partial charge >= 0.3 is 6.18 Å². The summed E-state index contributed by atoms with van der Waals surface area (Å²) in [5.74, 6) is 0.193. The van der Waals surface area contributed by atoms with Crippen molar-refractivity contribution in [3.8, 4) is 0 Å². The Labute approximate surface area is 136 Å². The molecule has 2 aromatic rings. The van der Waals surface area contributed by atoms with E-state index in [1.165, 1.54) is 0 Å². The molecule has 1 aromatic carbocycles. The van der Waals surface area contributed by atoms with Crippen LogP contribution in [-0.2, 0) is 6.18 Å². The third kappa shape index (κ3) is 3.47. The van der Waals surface area contributed by atoms with Gasteiger partial charge in [-0.2, -0.15) is 13.2 Å². The molecule has 1 fully saturated rings. The predicted octanol–water partition coefficient (Wildman–Crippen LogP) is 2.46. The van der Waals surface area contributed by atoms with E-state index in [1.807, 2.05) is 6.07 Å². The highest BCUT2D eigenvalue weighted by atomic mass is 19.4. The van der Waals surface area contributed by atoms with Gasteiger partial charge in [-0.05, 0) is 12.1 Å². The molecule has 1 aromatic heterocycles. The Morgan fingerprint density at radius 3 is 2.08 bits per heavy atom. The van der Waals surface area contributed by atoms with E-state index in [4.69, 9.17) is 0 Å². The van der Waals surface area contributed by atoms with Crippen molar-refractivity contribution < 1.29 is 18.0 Å². The van der Waals surface area contributed by atoms with E-state index in [2.05, 4.69) is 9.97 Å². The zero-order chi connectivity index (χ0) is 17.2. The lowest BCUT2D eigenvalue weighted by Crippen LogP contribution is -2.49. The number of hydrogen-bond acceptors (Lipinski definition) is 4. The van der Waals surface area contributed by atoms with E-state index in [-0.39, 0.29) is 11.9 Å². The number of benzene rings is 1. The number of rotatable bonds is 2. The minimum atomic E-state index is -4.45. The number of halogens is 3. The van der Waals surface area contributed by atoms with Gasteiger partial charge in [-0.1, -0.05) is 18.2 Å². The molecule has 5 nitrogen and oxygen atoms in total. The van der Waals surface area contributed by atoms with E-state index in [0.717, 1.165) is 12.4 Å². The van der Waals surface area contributed by atoms with Crippen LogP contribution in [0, 0.1) is 0 Å². The molecule has 126 valence electrons. The van der Waals surface area contributed by atoms with E-state index in [1.54, 1.807) is 34.1 Å². The third-order valence-electron chi connectivity index (χ3n) is 3.84. The monoisotopic (exact) mass is 336 g/mol. The molecule has 0 radical (unpaired) electrons. The number of carbonyl (C=O) groups is 1. The van der Waals surface area contributed by atoms with Crippen molar-refractivity contribution in [3.05, 3.63) is 53.9 Å². The molecule has 0 atom stereocenters. The van der Waals surface area contributed by atoms with Crippen molar-refractivity contribution in [1.82, 2.24) is 14.9 Å². The molecule has 0 saturated carbocycles. The summed E-state index contributed by atoms with van der Waals surface area (Å²) in [6.45, 7) is 1.89. The number of aromatic nitrogens is 2. The van der Waals surface area contributed by atoms with Crippen LogP contribution >= 0.6 is 0 Å². The Morgan fingerprint density at radius 1 is 0.958 bits per heavy atom. The molecule has 24 heavy (non-hydrogen) atoms. The molecule has 1 aliphatic heterocycles. The van der Waals surface area contributed by atoms with Crippen LogP contribution in [0.4, 0.5) is 19.1 Å². The van der Waals surface area contributed by atoms with Crippen molar-refractivity contribution in [3.63, 3.8) is 0 Å². The van der Waals surface area contributed by atoms with Gasteiger partial charge in [0.05, 0.1) is 5.56 Å². The summed E-state index contributed by atoms with van der Waals surface area (Å²) in [4.78, 5) is 23.4. The first-order chi connectivity index (χ1) is 11.4. The zero-order valence-corrected chi connectivity index (χ0v) is 12.7. The fourth-order valence-electron chi connectivity index (χ4n) is 2.50. The van der Waals surface area contributed by atoms with Crippen LogP contribution in [0.15, 0.2) is 42.7 Å². The average molecular weight is 336 g/mol. The summed E-state index contributed by atoms with van der Waals surface area (Å²) in [7, 11) is 0. The Morgan fingerprint density at radius 2 is 1.54 bits per heavy atom. The summed E-state index contributed by atoms with van der Waals surface area (Å²) in [6.07, 6.45) is -2.88. The van der Waals surface area contributed by atoms with Gasteiger partial charge in [0.25, 0.3) is 5.91 Å². The number of carbonyl (C=O) groups excluding carboxylic acids is 1. The van der Waals surface area contributed by atoms with Gasteiger partial charge < -0.3 is 9.80 Å². The fourth-order valence-corrected chi connectivity index (χ4v) is 2.50. The van der Waals surface area contributed by atoms with Crippen LogP contribution in [0.2, 0.25) is 0 Å². The second kappa shape index (κ2) is 6.46. The number of hydrogen-bond donors (Lipinski definition) is 0. The second-order valence-electron chi connectivity index (χ2n) is 5.41. The smallest absolute Gasteiger partial charge is 0.337 e. The number of alkyl halides is 3. The lowest BCUT2D eigenvalue weighted by atomic mass is 10.2. The van der Waals surface area contributed by atoms with Gasteiger partial charge in [-0.3, -0.25) is 4.79 Å². The molecule has 1 amide bonds. The van der Waals surface area contributed by atoms with Crippen molar-refractivity contribution in [2.24, 2.45) is 0 Å². The minimum absolute atomic E-state index is 0.0522. The highest BCUT2D eigenvalue weighted by Gasteiger charge is 2.32. The largest absolute Gasteiger partial charge is 0.419 e. The Kier molecular flexibility index (Phi) is 4.37. The Hall–Kier alpha value is -2.64. The van der Waals surface area contributed by atoms with Crippen LogP contribution in [0.25, 0.3) is 0 Å². The van der Waals surface area contributed by atoms with Gasteiger partial charge in [-0.25, -0.2) is 9.97 Å². The molecular formula is C16H15F3N4O. The molecule has 1 aliphatic rings. The van der Waals surface area contributed by atoms with Crippen LogP contribution < -0.4 is 4.90 Å². The minimum Gasteiger partial charge on any atom is -0.337 e. The van der Waals surface area contributed by atoms with Gasteiger partial charge in [-0.15, -0.1) is 0 Å².